The Morgan fingerprint density at radius 3 is 2.76 bits per heavy atom. The van der Waals surface area contributed by atoms with Crippen molar-refractivity contribution in [2.45, 2.75) is 26.7 Å². The molecular weight excluding hydrogens is 212 g/mol. The van der Waals surface area contributed by atoms with Crippen molar-refractivity contribution < 1.29 is 9.21 Å². The van der Waals surface area contributed by atoms with Gasteiger partial charge in [0, 0.05) is 18.2 Å². The van der Waals surface area contributed by atoms with Gasteiger partial charge in [-0.15, -0.1) is 0 Å². The van der Waals surface area contributed by atoms with Crippen LogP contribution in [0.5, 0.6) is 0 Å². The minimum atomic E-state index is 0.245. The normalized spacial score (nSPS) is 19.9. The number of para-hydroxylation sites is 1. The molecule has 0 N–H and O–H groups in total. The quantitative estimate of drug-likeness (QED) is 0.742. The van der Waals surface area contributed by atoms with Crippen molar-refractivity contribution in [3.63, 3.8) is 0 Å². The van der Waals surface area contributed by atoms with Crippen LogP contribution in [0.3, 0.4) is 0 Å². The first-order chi connectivity index (χ1) is 8.16. The molecule has 0 amide bonds. The van der Waals surface area contributed by atoms with E-state index in [2.05, 4.69) is 13.8 Å². The summed E-state index contributed by atoms with van der Waals surface area (Å²) in [5, 5.41) is 0.981. The molecule has 1 aromatic heterocycles. The van der Waals surface area contributed by atoms with Gasteiger partial charge in [-0.05, 0) is 17.9 Å². The van der Waals surface area contributed by atoms with E-state index in [0.29, 0.717) is 18.3 Å². The summed E-state index contributed by atoms with van der Waals surface area (Å²) in [6.45, 7) is 4.34. The zero-order valence-electron chi connectivity index (χ0n) is 10.2. The Balaban J connectivity index is 2.15. The molecule has 1 unspecified atom stereocenters. The number of benzene rings is 1. The Labute approximate surface area is 101 Å². The molecule has 1 atom stereocenters. The fourth-order valence-corrected chi connectivity index (χ4v) is 2.67. The summed E-state index contributed by atoms with van der Waals surface area (Å²) in [6, 6.07) is 7.82. The molecule has 0 bridgehead atoms. The molecule has 17 heavy (non-hydrogen) atoms. The van der Waals surface area contributed by atoms with E-state index >= 15 is 0 Å². The van der Waals surface area contributed by atoms with E-state index in [1.54, 1.807) is 0 Å². The highest BCUT2D eigenvalue weighted by Crippen LogP contribution is 2.36. The first-order valence-electron chi connectivity index (χ1n) is 6.20. The summed E-state index contributed by atoms with van der Waals surface area (Å²) in [4.78, 5) is 12.2. The molecule has 3 rings (SSSR count). The maximum atomic E-state index is 12.2. The van der Waals surface area contributed by atoms with Gasteiger partial charge in [-0.1, -0.05) is 32.0 Å². The summed E-state index contributed by atoms with van der Waals surface area (Å²) >= 11 is 0. The zero-order valence-corrected chi connectivity index (χ0v) is 10.2. The number of fused-ring (bicyclic) bond motifs is 3. The summed E-state index contributed by atoms with van der Waals surface area (Å²) in [5.41, 5.74) is 1.67. The van der Waals surface area contributed by atoms with Crippen LogP contribution in [0.1, 0.15) is 36.4 Å². The van der Waals surface area contributed by atoms with Crippen molar-refractivity contribution in [3.8, 4) is 0 Å². The standard InChI is InChI=1S/C15H16O2/c1-9(2)10-7-12(16)15-11-5-3-4-6-13(11)17-14(15)8-10/h3-6,9-10H,7-8H2,1-2H3. The van der Waals surface area contributed by atoms with E-state index in [1.807, 2.05) is 24.3 Å². The molecule has 2 aromatic rings. The Morgan fingerprint density at radius 1 is 1.24 bits per heavy atom. The average Bonchev–Trinajstić information content (AvgIpc) is 2.67. The molecule has 2 heteroatoms. The number of ketones is 1. The Hall–Kier alpha value is -1.57. The lowest BCUT2D eigenvalue weighted by Crippen LogP contribution is -2.22. The molecule has 1 aromatic carbocycles. The van der Waals surface area contributed by atoms with Gasteiger partial charge in [0.25, 0.3) is 0 Å². The lowest BCUT2D eigenvalue weighted by Gasteiger charge is -2.23. The van der Waals surface area contributed by atoms with E-state index in [1.165, 1.54) is 0 Å². The minimum absolute atomic E-state index is 0.245. The van der Waals surface area contributed by atoms with Gasteiger partial charge in [0.15, 0.2) is 5.78 Å². The second-order valence-electron chi connectivity index (χ2n) is 5.23. The zero-order chi connectivity index (χ0) is 12.0. The number of carbonyl (C=O) groups is 1. The van der Waals surface area contributed by atoms with E-state index in [-0.39, 0.29) is 5.78 Å². The van der Waals surface area contributed by atoms with Gasteiger partial charge in [0.05, 0.1) is 5.56 Å². The van der Waals surface area contributed by atoms with Gasteiger partial charge in [-0.3, -0.25) is 4.79 Å². The van der Waals surface area contributed by atoms with Crippen LogP contribution in [-0.2, 0) is 6.42 Å². The third kappa shape index (κ3) is 1.59. The van der Waals surface area contributed by atoms with E-state index in [0.717, 1.165) is 28.7 Å². The lowest BCUT2D eigenvalue weighted by atomic mass is 9.80. The SMILES string of the molecule is CC(C)C1CC(=O)c2c(oc3ccccc23)C1. The highest BCUT2D eigenvalue weighted by atomic mass is 16.3. The first kappa shape index (κ1) is 10.6. The Kier molecular flexibility index (Phi) is 2.32. The maximum absolute atomic E-state index is 12.2. The van der Waals surface area contributed by atoms with Crippen molar-refractivity contribution in [2.75, 3.05) is 0 Å². The Morgan fingerprint density at radius 2 is 2.00 bits per heavy atom. The van der Waals surface area contributed by atoms with Crippen LogP contribution in [0, 0.1) is 11.8 Å². The molecule has 1 aliphatic rings. The van der Waals surface area contributed by atoms with Gasteiger partial charge in [-0.2, -0.15) is 0 Å². The van der Waals surface area contributed by atoms with E-state index in [4.69, 9.17) is 4.42 Å². The second kappa shape index (κ2) is 3.73. The summed E-state index contributed by atoms with van der Waals surface area (Å²) in [5.74, 6) is 2.09. The number of hydrogen-bond acceptors (Lipinski definition) is 2. The largest absolute Gasteiger partial charge is 0.460 e. The van der Waals surface area contributed by atoms with Crippen molar-refractivity contribution in [2.24, 2.45) is 11.8 Å². The average molecular weight is 228 g/mol. The number of rotatable bonds is 1. The predicted molar refractivity (Wildman–Crippen MR) is 67.2 cm³/mol. The maximum Gasteiger partial charge on any atom is 0.167 e. The highest BCUT2D eigenvalue weighted by molar-refractivity contribution is 6.09. The van der Waals surface area contributed by atoms with Gasteiger partial charge in [0.1, 0.15) is 11.3 Å². The van der Waals surface area contributed by atoms with Crippen LogP contribution in [0.25, 0.3) is 11.0 Å². The molecule has 88 valence electrons. The fraction of sp³-hybridized carbons (Fsp3) is 0.400. The molecule has 0 aliphatic heterocycles. The molecular formula is C15H16O2. The first-order valence-corrected chi connectivity index (χ1v) is 6.20. The fourth-order valence-electron chi connectivity index (χ4n) is 2.67. The predicted octanol–water partition coefficient (Wildman–Crippen LogP) is 3.83. The van der Waals surface area contributed by atoms with Crippen LogP contribution in [0.4, 0.5) is 0 Å². The highest BCUT2D eigenvalue weighted by Gasteiger charge is 2.31. The van der Waals surface area contributed by atoms with E-state index < -0.39 is 0 Å². The third-order valence-electron chi connectivity index (χ3n) is 3.79. The van der Waals surface area contributed by atoms with Gasteiger partial charge < -0.3 is 4.42 Å². The number of furan rings is 1. The lowest BCUT2D eigenvalue weighted by molar-refractivity contribution is 0.0928. The molecule has 0 saturated heterocycles. The molecule has 1 aliphatic carbocycles. The molecule has 1 heterocycles. The summed E-state index contributed by atoms with van der Waals surface area (Å²) < 4.78 is 5.82. The van der Waals surface area contributed by atoms with Crippen molar-refractivity contribution >= 4 is 16.8 Å². The third-order valence-corrected chi connectivity index (χ3v) is 3.79. The van der Waals surface area contributed by atoms with Crippen molar-refractivity contribution in [3.05, 3.63) is 35.6 Å². The number of hydrogen-bond donors (Lipinski definition) is 0. The Bertz CT molecular complexity index is 578. The van der Waals surface area contributed by atoms with Crippen LogP contribution in [0.15, 0.2) is 28.7 Å². The topological polar surface area (TPSA) is 30.2 Å². The van der Waals surface area contributed by atoms with Crippen LogP contribution < -0.4 is 0 Å². The second-order valence-corrected chi connectivity index (χ2v) is 5.23. The van der Waals surface area contributed by atoms with Crippen molar-refractivity contribution in [1.82, 2.24) is 0 Å². The smallest absolute Gasteiger partial charge is 0.167 e. The summed E-state index contributed by atoms with van der Waals surface area (Å²) in [6.07, 6.45) is 1.56. The monoisotopic (exact) mass is 228 g/mol. The molecule has 0 spiro atoms. The van der Waals surface area contributed by atoms with Gasteiger partial charge >= 0.3 is 0 Å². The number of carbonyl (C=O) groups excluding carboxylic acids is 1. The number of Topliss-reactive ketones (excluding diaryl/α,β-unsaturated/α-hetero) is 1. The van der Waals surface area contributed by atoms with E-state index in [9.17, 15) is 4.79 Å². The minimum Gasteiger partial charge on any atom is -0.460 e. The molecule has 2 nitrogen and oxygen atoms in total. The van der Waals surface area contributed by atoms with Crippen molar-refractivity contribution in [1.29, 1.82) is 0 Å². The van der Waals surface area contributed by atoms with Gasteiger partial charge in [0.2, 0.25) is 0 Å². The van der Waals surface area contributed by atoms with Crippen LogP contribution in [0.2, 0.25) is 0 Å². The summed E-state index contributed by atoms with van der Waals surface area (Å²) in [7, 11) is 0. The molecule has 0 radical (unpaired) electrons. The molecule has 0 saturated carbocycles. The molecule has 0 fully saturated rings. The van der Waals surface area contributed by atoms with Crippen LogP contribution >= 0.6 is 0 Å². The van der Waals surface area contributed by atoms with Crippen LogP contribution in [-0.4, -0.2) is 5.78 Å². The van der Waals surface area contributed by atoms with Gasteiger partial charge in [-0.25, -0.2) is 0 Å².